The van der Waals surface area contributed by atoms with Gasteiger partial charge in [0.2, 0.25) is 5.91 Å². The van der Waals surface area contributed by atoms with Gasteiger partial charge in [-0.3, -0.25) is 14.6 Å². The van der Waals surface area contributed by atoms with Crippen LogP contribution in [0.5, 0.6) is 0 Å². The second kappa shape index (κ2) is 10.2. The molecule has 33 heavy (non-hydrogen) atoms. The first-order valence-corrected chi connectivity index (χ1v) is 11.4. The first-order chi connectivity index (χ1) is 15.9. The third-order valence-corrected chi connectivity index (χ3v) is 5.96. The second-order valence-electron chi connectivity index (χ2n) is 7.97. The number of halogens is 1. The molecular weight excluding hydrogens is 440 g/mol. The topological polar surface area (TPSA) is 74.8 Å². The molecule has 0 bridgehead atoms. The number of rotatable bonds is 6. The number of aromatic nitrogens is 1. The smallest absolute Gasteiger partial charge is 0.256 e. The Morgan fingerprint density at radius 3 is 2.55 bits per heavy atom. The molecule has 1 aromatic heterocycles. The predicted octanol–water partition coefficient (Wildman–Crippen LogP) is 4.13. The molecule has 3 aromatic rings. The Morgan fingerprint density at radius 1 is 1.12 bits per heavy atom. The molecule has 2 amide bonds. The van der Waals surface area contributed by atoms with E-state index >= 15 is 0 Å². The van der Waals surface area contributed by atoms with Crippen molar-refractivity contribution in [3.05, 3.63) is 64.8 Å². The summed E-state index contributed by atoms with van der Waals surface area (Å²) in [7, 11) is 0. The van der Waals surface area contributed by atoms with E-state index in [0.717, 1.165) is 42.9 Å². The summed E-state index contributed by atoms with van der Waals surface area (Å²) >= 11 is 6.10. The van der Waals surface area contributed by atoms with Gasteiger partial charge in [0.25, 0.3) is 5.91 Å². The minimum Gasteiger partial charge on any atom is -0.378 e. The molecule has 0 atom stereocenters. The quantitative estimate of drug-likeness (QED) is 0.591. The van der Waals surface area contributed by atoms with Crippen molar-refractivity contribution in [3.63, 3.8) is 0 Å². The molecule has 2 aromatic carbocycles. The summed E-state index contributed by atoms with van der Waals surface area (Å²) in [5.74, 6) is -0.485. The van der Waals surface area contributed by atoms with Gasteiger partial charge in [0.1, 0.15) is 6.54 Å². The van der Waals surface area contributed by atoms with Gasteiger partial charge in [-0.15, -0.1) is 0 Å². The highest BCUT2D eigenvalue weighted by molar-refractivity contribution is 6.31. The van der Waals surface area contributed by atoms with Crippen molar-refractivity contribution in [2.45, 2.75) is 13.8 Å². The average Bonchev–Trinajstić information content (AvgIpc) is 2.83. The van der Waals surface area contributed by atoms with Gasteiger partial charge >= 0.3 is 0 Å². The van der Waals surface area contributed by atoms with Gasteiger partial charge in [0.15, 0.2) is 0 Å². The fourth-order valence-corrected chi connectivity index (χ4v) is 4.09. The van der Waals surface area contributed by atoms with E-state index in [1.807, 2.05) is 37.3 Å². The molecule has 1 saturated heterocycles. The minimum absolute atomic E-state index is 0.0480. The average molecular weight is 467 g/mol. The van der Waals surface area contributed by atoms with Crippen molar-refractivity contribution >= 4 is 45.7 Å². The Bertz CT molecular complexity index is 1160. The number of nitrogens with zero attached hydrogens (tertiary/aromatic N) is 3. The van der Waals surface area contributed by atoms with Crippen molar-refractivity contribution in [2.75, 3.05) is 49.6 Å². The molecule has 0 radical (unpaired) electrons. The Hall–Kier alpha value is -3.16. The van der Waals surface area contributed by atoms with E-state index < -0.39 is 0 Å². The number of aryl methyl sites for hydroxylation is 1. The fraction of sp³-hybridized carbons (Fsp3) is 0.320. The lowest BCUT2D eigenvalue weighted by Crippen LogP contribution is -2.38. The lowest BCUT2D eigenvalue weighted by Gasteiger charge is -2.29. The number of hydrogen-bond donors (Lipinski definition) is 1. The molecule has 4 rings (SSSR count). The summed E-state index contributed by atoms with van der Waals surface area (Å²) in [6.07, 6.45) is 0. The number of fused-ring (bicyclic) bond motifs is 1. The molecule has 8 heteroatoms. The third-order valence-electron chi connectivity index (χ3n) is 5.73. The van der Waals surface area contributed by atoms with Gasteiger partial charge in [-0.25, -0.2) is 0 Å². The van der Waals surface area contributed by atoms with Crippen LogP contribution in [0.25, 0.3) is 10.9 Å². The monoisotopic (exact) mass is 466 g/mol. The minimum atomic E-state index is -0.251. The van der Waals surface area contributed by atoms with E-state index in [2.05, 4.69) is 15.2 Å². The Balaban J connectivity index is 1.43. The van der Waals surface area contributed by atoms with Gasteiger partial charge in [-0.1, -0.05) is 11.6 Å². The highest BCUT2D eigenvalue weighted by Gasteiger charge is 2.21. The maximum atomic E-state index is 13.2. The lowest BCUT2D eigenvalue weighted by molar-refractivity contribution is -0.116. The summed E-state index contributed by atoms with van der Waals surface area (Å²) in [6.45, 7) is 7.15. The number of hydrogen-bond acceptors (Lipinski definition) is 5. The molecule has 0 saturated carbocycles. The largest absolute Gasteiger partial charge is 0.378 e. The molecule has 1 N–H and O–H groups in total. The van der Waals surface area contributed by atoms with Crippen LogP contribution in [0.15, 0.2) is 48.5 Å². The Morgan fingerprint density at radius 2 is 1.85 bits per heavy atom. The van der Waals surface area contributed by atoms with Crippen LogP contribution in [0.1, 0.15) is 23.0 Å². The molecule has 7 nitrogen and oxygen atoms in total. The van der Waals surface area contributed by atoms with E-state index in [1.165, 1.54) is 4.90 Å². The van der Waals surface area contributed by atoms with E-state index in [9.17, 15) is 9.59 Å². The number of carbonyl (C=O) groups excluding carboxylic acids is 2. The standard InChI is InChI=1S/C25H27ClN4O3/c1-3-29(25(32)22-15-18-14-19(26)4-9-23(18)27-17(22)2)16-24(31)28-20-5-7-21(8-6-20)30-10-12-33-13-11-30/h4-9,14-15H,3,10-13,16H2,1-2H3,(H,28,31). The van der Waals surface area contributed by atoms with Crippen LogP contribution in [-0.4, -0.2) is 61.1 Å². The van der Waals surface area contributed by atoms with Crippen LogP contribution in [0.2, 0.25) is 5.02 Å². The summed E-state index contributed by atoms with van der Waals surface area (Å²) < 4.78 is 5.39. The highest BCUT2D eigenvalue weighted by Crippen LogP contribution is 2.22. The SMILES string of the molecule is CCN(CC(=O)Nc1ccc(N2CCOCC2)cc1)C(=O)c1cc2cc(Cl)ccc2nc1C. The van der Waals surface area contributed by atoms with Crippen molar-refractivity contribution < 1.29 is 14.3 Å². The highest BCUT2D eigenvalue weighted by atomic mass is 35.5. The van der Waals surface area contributed by atoms with Crippen LogP contribution in [-0.2, 0) is 9.53 Å². The molecule has 0 spiro atoms. The van der Waals surface area contributed by atoms with E-state index in [1.54, 1.807) is 25.1 Å². The summed E-state index contributed by atoms with van der Waals surface area (Å²) in [5, 5.41) is 4.26. The number of ether oxygens (including phenoxy) is 1. The van der Waals surface area contributed by atoms with Gasteiger partial charge in [0, 0.05) is 41.4 Å². The molecule has 1 aliphatic rings. The van der Waals surface area contributed by atoms with Crippen molar-refractivity contribution in [1.82, 2.24) is 9.88 Å². The van der Waals surface area contributed by atoms with Crippen LogP contribution in [0.3, 0.4) is 0 Å². The first kappa shape index (κ1) is 23.0. The van der Waals surface area contributed by atoms with Crippen molar-refractivity contribution in [1.29, 1.82) is 0 Å². The number of likely N-dealkylation sites (N-methyl/N-ethyl adjacent to an activating group) is 1. The zero-order chi connectivity index (χ0) is 23.4. The van der Waals surface area contributed by atoms with Crippen molar-refractivity contribution in [3.8, 4) is 0 Å². The van der Waals surface area contributed by atoms with E-state index in [4.69, 9.17) is 16.3 Å². The van der Waals surface area contributed by atoms with Crippen LogP contribution in [0, 0.1) is 6.92 Å². The Labute approximate surface area is 198 Å². The molecule has 1 fully saturated rings. The van der Waals surface area contributed by atoms with Gasteiger partial charge in [0.05, 0.1) is 30.0 Å². The first-order valence-electron chi connectivity index (χ1n) is 11.0. The maximum Gasteiger partial charge on any atom is 0.256 e. The fourth-order valence-electron chi connectivity index (χ4n) is 3.91. The molecule has 1 aliphatic heterocycles. The van der Waals surface area contributed by atoms with E-state index in [0.29, 0.717) is 28.5 Å². The normalized spacial score (nSPS) is 13.7. The van der Waals surface area contributed by atoms with Crippen LogP contribution < -0.4 is 10.2 Å². The van der Waals surface area contributed by atoms with Crippen LogP contribution in [0.4, 0.5) is 11.4 Å². The summed E-state index contributed by atoms with van der Waals surface area (Å²) in [5.41, 5.74) is 3.65. The number of pyridine rings is 1. The Kier molecular flexibility index (Phi) is 7.11. The number of amides is 2. The van der Waals surface area contributed by atoms with Gasteiger partial charge in [-0.05, 0) is 62.4 Å². The molecule has 0 unspecified atom stereocenters. The van der Waals surface area contributed by atoms with Gasteiger partial charge < -0.3 is 19.9 Å². The number of anilines is 2. The molecule has 2 heterocycles. The van der Waals surface area contributed by atoms with E-state index in [-0.39, 0.29) is 18.4 Å². The second-order valence-corrected chi connectivity index (χ2v) is 8.41. The van der Waals surface area contributed by atoms with Crippen molar-refractivity contribution in [2.24, 2.45) is 0 Å². The maximum absolute atomic E-state index is 13.2. The third kappa shape index (κ3) is 5.43. The number of nitrogens with one attached hydrogen (secondary N) is 1. The molecule has 0 aliphatic carbocycles. The number of benzene rings is 2. The summed E-state index contributed by atoms with van der Waals surface area (Å²) in [6, 6.07) is 14.9. The number of carbonyl (C=O) groups is 2. The molecular formula is C25H27ClN4O3. The number of morpholine rings is 1. The zero-order valence-electron chi connectivity index (χ0n) is 18.8. The van der Waals surface area contributed by atoms with Crippen LogP contribution >= 0.6 is 11.6 Å². The molecule has 172 valence electrons. The van der Waals surface area contributed by atoms with Gasteiger partial charge in [-0.2, -0.15) is 0 Å². The zero-order valence-corrected chi connectivity index (χ0v) is 19.6. The summed E-state index contributed by atoms with van der Waals surface area (Å²) in [4.78, 5) is 34.2. The lowest BCUT2D eigenvalue weighted by atomic mass is 10.1. The predicted molar refractivity (Wildman–Crippen MR) is 131 cm³/mol.